The summed E-state index contributed by atoms with van der Waals surface area (Å²) in [5.41, 5.74) is 12.5. The molecule has 43 heavy (non-hydrogen) atoms. The number of hydrogen-bond donors (Lipinski definition) is 2. The van der Waals surface area contributed by atoms with Crippen LogP contribution in [-0.4, -0.2) is 34.3 Å². The number of benzene rings is 4. The van der Waals surface area contributed by atoms with E-state index in [9.17, 15) is 4.79 Å². The Labute approximate surface area is 249 Å². The smallest absolute Gasteiger partial charge is 0.275 e. The molecule has 4 aromatic carbocycles. The normalized spacial score (nSPS) is 12.6. The Bertz CT molecular complexity index is 1910. The van der Waals surface area contributed by atoms with E-state index in [1.165, 1.54) is 11.1 Å². The average molecular weight is 572 g/mol. The van der Waals surface area contributed by atoms with Gasteiger partial charge in [0.05, 0.1) is 5.52 Å². The van der Waals surface area contributed by atoms with Crippen molar-refractivity contribution in [2.75, 3.05) is 24.7 Å². The van der Waals surface area contributed by atoms with Crippen LogP contribution in [0.15, 0.2) is 102 Å². The van der Waals surface area contributed by atoms with E-state index in [0.717, 1.165) is 48.2 Å². The Morgan fingerprint density at radius 2 is 1.60 bits per heavy atom. The van der Waals surface area contributed by atoms with Gasteiger partial charge in [-0.1, -0.05) is 60.7 Å². The molecule has 8 nitrogen and oxygen atoms in total. The Kier molecular flexibility index (Phi) is 7.27. The molecule has 0 saturated carbocycles. The van der Waals surface area contributed by atoms with Crippen molar-refractivity contribution in [2.24, 2.45) is 5.73 Å². The second-order valence-electron chi connectivity index (χ2n) is 10.8. The number of aryl methyl sites for hydroxylation is 1. The minimum atomic E-state index is -0.252. The van der Waals surface area contributed by atoms with Crippen LogP contribution in [0, 0.1) is 0 Å². The molecule has 0 radical (unpaired) electrons. The summed E-state index contributed by atoms with van der Waals surface area (Å²) in [6.45, 7) is 3.71. The molecule has 0 amide bonds. The summed E-state index contributed by atoms with van der Waals surface area (Å²) in [6, 6.07) is 31.1. The fourth-order valence-corrected chi connectivity index (χ4v) is 5.80. The summed E-state index contributed by atoms with van der Waals surface area (Å²) < 4.78 is 13.9. The van der Waals surface area contributed by atoms with Crippen molar-refractivity contribution >= 4 is 27.6 Å². The van der Waals surface area contributed by atoms with Gasteiger partial charge in [-0.3, -0.25) is 4.79 Å². The second kappa shape index (κ2) is 11.7. The number of aromatic amines is 1. The molecule has 3 N–H and O–H groups in total. The van der Waals surface area contributed by atoms with Crippen LogP contribution in [0.3, 0.4) is 0 Å². The van der Waals surface area contributed by atoms with Crippen molar-refractivity contribution < 1.29 is 9.47 Å². The summed E-state index contributed by atoms with van der Waals surface area (Å²) in [5, 5.41) is 0.958. The topological polar surface area (TPSA) is 98.4 Å². The van der Waals surface area contributed by atoms with Crippen LogP contribution in [0.1, 0.15) is 17.5 Å². The van der Waals surface area contributed by atoms with E-state index in [-0.39, 0.29) is 5.56 Å². The maximum atomic E-state index is 13.5. The molecule has 6 aromatic rings. The van der Waals surface area contributed by atoms with Gasteiger partial charge in [0, 0.05) is 48.0 Å². The van der Waals surface area contributed by atoms with E-state index in [0.29, 0.717) is 48.0 Å². The van der Waals surface area contributed by atoms with Gasteiger partial charge in [0.15, 0.2) is 11.5 Å². The maximum Gasteiger partial charge on any atom is 0.275 e. The van der Waals surface area contributed by atoms with Gasteiger partial charge in [0.2, 0.25) is 0 Å². The first kappa shape index (κ1) is 26.8. The van der Waals surface area contributed by atoms with Crippen LogP contribution in [0.5, 0.6) is 11.5 Å². The summed E-state index contributed by atoms with van der Waals surface area (Å²) in [7, 11) is 0. The van der Waals surface area contributed by atoms with E-state index < -0.39 is 0 Å². The Morgan fingerprint density at radius 3 is 2.33 bits per heavy atom. The van der Waals surface area contributed by atoms with E-state index in [4.69, 9.17) is 20.2 Å². The first-order valence-electron chi connectivity index (χ1n) is 14.7. The highest BCUT2D eigenvalue weighted by Gasteiger charge is 2.21. The summed E-state index contributed by atoms with van der Waals surface area (Å²) in [5.74, 6) is 1.19. The molecule has 8 heteroatoms. The molecule has 0 spiro atoms. The molecule has 216 valence electrons. The zero-order valence-electron chi connectivity index (χ0n) is 23.8. The van der Waals surface area contributed by atoms with Crippen molar-refractivity contribution in [1.82, 2.24) is 14.5 Å². The zero-order valence-corrected chi connectivity index (χ0v) is 23.8. The zero-order chi connectivity index (χ0) is 29.2. The third kappa shape index (κ3) is 5.33. The Hall–Kier alpha value is -5.08. The third-order valence-corrected chi connectivity index (χ3v) is 7.89. The van der Waals surface area contributed by atoms with Gasteiger partial charge < -0.3 is 29.7 Å². The third-order valence-electron chi connectivity index (χ3n) is 7.89. The quantitative estimate of drug-likeness (QED) is 0.225. The Balaban J connectivity index is 1.38. The van der Waals surface area contributed by atoms with Crippen molar-refractivity contribution in [3.05, 3.63) is 119 Å². The second-order valence-corrected chi connectivity index (χ2v) is 10.8. The number of fused-ring (bicyclic) bond motifs is 4. The molecule has 7 rings (SSSR count). The number of H-pyrrole nitrogens is 1. The van der Waals surface area contributed by atoms with Gasteiger partial charge in [-0.15, -0.1) is 0 Å². The summed E-state index contributed by atoms with van der Waals surface area (Å²) in [6.07, 6.45) is 2.85. The number of nitrogens with zero attached hydrogens (tertiary/aromatic N) is 3. The molecular formula is C35H33N5O3. The number of ether oxygens (including phenoxy) is 2. The first-order valence-corrected chi connectivity index (χ1v) is 14.7. The van der Waals surface area contributed by atoms with Crippen molar-refractivity contribution in [1.29, 1.82) is 0 Å². The number of aromatic nitrogens is 3. The molecule has 0 unspecified atom stereocenters. The Morgan fingerprint density at radius 1 is 0.884 bits per heavy atom. The predicted octanol–water partition coefficient (Wildman–Crippen LogP) is 5.87. The molecular weight excluding hydrogens is 538 g/mol. The highest BCUT2D eigenvalue weighted by Crippen LogP contribution is 2.38. The molecule has 2 aromatic heterocycles. The lowest BCUT2D eigenvalue weighted by atomic mass is 10.1. The van der Waals surface area contributed by atoms with E-state index in [2.05, 4.69) is 81.2 Å². The maximum absolute atomic E-state index is 13.5. The molecule has 1 aliphatic rings. The highest BCUT2D eigenvalue weighted by atomic mass is 16.6. The van der Waals surface area contributed by atoms with Crippen LogP contribution in [0.25, 0.3) is 33.2 Å². The van der Waals surface area contributed by atoms with Gasteiger partial charge in [0.1, 0.15) is 24.4 Å². The largest absolute Gasteiger partial charge is 0.486 e. The van der Waals surface area contributed by atoms with Crippen molar-refractivity contribution in [3.8, 4) is 22.8 Å². The number of anilines is 1. The SMILES string of the molecule is NCCCn1cc(-c2nc3c4c(ccc3[nH]c2=O)OCCO4)c2cc(N(Cc3ccccc3)Cc3ccccc3)ccc21. The van der Waals surface area contributed by atoms with Gasteiger partial charge in [0.25, 0.3) is 5.56 Å². The molecule has 1 aliphatic heterocycles. The van der Waals surface area contributed by atoms with E-state index >= 15 is 0 Å². The molecule has 0 bridgehead atoms. The molecule has 0 saturated heterocycles. The first-order chi connectivity index (χ1) is 21.2. The summed E-state index contributed by atoms with van der Waals surface area (Å²) in [4.78, 5) is 23.9. The number of nitrogens with two attached hydrogens (primary N) is 1. The highest BCUT2D eigenvalue weighted by molar-refractivity contribution is 5.98. The molecule has 0 atom stereocenters. The molecule has 0 fully saturated rings. The van der Waals surface area contributed by atoms with Crippen LogP contribution >= 0.6 is 0 Å². The van der Waals surface area contributed by atoms with E-state index in [1.54, 1.807) is 0 Å². The predicted molar refractivity (Wildman–Crippen MR) is 171 cm³/mol. The lowest BCUT2D eigenvalue weighted by Gasteiger charge is -2.26. The van der Waals surface area contributed by atoms with Crippen molar-refractivity contribution in [2.45, 2.75) is 26.1 Å². The molecule has 0 aliphatic carbocycles. The van der Waals surface area contributed by atoms with Crippen LogP contribution < -0.4 is 25.7 Å². The number of nitrogens with one attached hydrogen (secondary N) is 1. The lowest BCUT2D eigenvalue weighted by molar-refractivity contribution is 0.173. The van der Waals surface area contributed by atoms with Crippen molar-refractivity contribution in [3.63, 3.8) is 0 Å². The minimum absolute atomic E-state index is 0.252. The number of rotatable bonds is 9. The lowest BCUT2D eigenvalue weighted by Crippen LogP contribution is -2.22. The standard InChI is InChI=1S/C35H33N5O3/c36-16-7-17-39-23-28(32-35(41)37-29-13-15-31-34(33(29)38-32)43-19-18-42-31)27-20-26(12-14-30(27)39)40(21-24-8-3-1-4-9-24)22-25-10-5-2-6-11-25/h1-6,8-15,20,23H,7,16-19,21-22,36H2,(H,37,41). The van der Waals surface area contributed by atoms with E-state index in [1.807, 2.05) is 30.5 Å². The van der Waals surface area contributed by atoms with Gasteiger partial charge in [-0.25, -0.2) is 4.98 Å². The van der Waals surface area contributed by atoms with Crippen LogP contribution in [0.4, 0.5) is 5.69 Å². The van der Waals surface area contributed by atoms with Gasteiger partial charge in [-0.05, 0) is 54.4 Å². The molecule has 3 heterocycles. The average Bonchev–Trinajstić information content (AvgIpc) is 3.41. The number of hydrogen-bond acceptors (Lipinski definition) is 6. The van der Waals surface area contributed by atoms with Crippen LogP contribution in [0.2, 0.25) is 0 Å². The van der Waals surface area contributed by atoms with Crippen LogP contribution in [-0.2, 0) is 19.6 Å². The van der Waals surface area contributed by atoms with Gasteiger partial charge >= 0.3 is 0 Å². The fourth-order valence-electron chi connectivity index (χ4n) is 5.80. The monoisotopic (exact) mass is 571 g/mol. The fraction of sp³-hybridized carbons (Fsp3) is 0.200. The minimum Gasteiger partial charge on any atom is -0.486 e. The van der Waals surface area contributed by atoms with Gasteiger partial charge in [-0.2, -0.15) is 0 Å². The summed E-state index contributed by atoms with van der Waals surface area (Å²) >= 11 is 0.